The lowest BCUT2D eigenvalue weighted by molar-refractivity contribution is -0.115. The van der Waals surface area contributed by atoms with Gasteiger partial charge in [0.2, 0.25) is 11.8 Å². The molecule has 5 rings (SSSR count). The maximum atomic E-state index is 14.8. The normalized spacial score (nSPS) is 13.9. The second-order valence-corrected chi connectivity index (χ2v) is 9.56. The van der Waals surface area contributed by atoms with Gasteiger partial charge in [0.05, 0.1) is 48.0 Å². The standard InChI is InChI=1S/C26H26FN5O4/c1-26(2,3)32-12-17(11-30-32)31-24(33)8-16-4-5-19(10-22(16)27)36-25-21-9-18(35-20-13-34-14-20)6-7-23(21)28-15-29-25/h4-7,9-12,15,20H,8,13-14H2,1-3H3,(H,31,33). The number of benzene rings is 2. The fourth-order valence-corrected chi connectivity index (χ4v) is 3.62. The minimum atomic E-state index is -0.555. The molecule has 0 saturated carbocycles. The molecule has 0 radical (unpaired) electrons. The predicted octanol–water partition coefficient (Wildman–Crippen LogP) is 4.47. The Morgan fingerprint density at radius 2 is 1.97 bits per heavy atom. The number of hydrogen-bond donors (Lipinski definition) is 1. The zero-order chi connectivity index (χ0) is 25.3. The Kier molecular flexibility index (Phi) is 6.27. The first-order valence-electron chi connectivity index (χ1n) is 11.5. The lowest BCUT2D eigenvalue weighted by Crippen LogP contribution is -2.38. The number of ether oxygens (including phenoxy) is 3. The molecular weight excluding hydrogens is 465 g/mol. The van der Waals surface area contributed by atoms with Crippen LogP contribution < -0.4 is 14.8 Å². The lowest BCUT2D eigenvalue weighted by atomic mass is 10.1. The Morgan fingerprint density at radius 3 is 2.67 bits per heavy atom. The Hall–Kier alpha value is -4.05. The number of carbonyl (C=O) groups excluding carboxylic acids is 1. The van der Waals surface area contributed by atoms with Crippen LogP contribution in [0.5, 0.6) is 17.4 Å². The molecule has 36 heavy (non-hydrogen) atoms. The zero-order valence-corrected chi connectivity index (χ0v) is 20.2. The number of rotatable bonds is 7. The maximum absolute atomic E-state index is 14.8. The van der Waals surface area contributed by atoms with E-state index in [9.17, 15) is 9.18 Å². The molecule has 2 aromatic heterocycles. The van der Waals surface area contributed by atoms with E-state index >= 15 is 0 Å². The Morgan fingerprint density at radius 1 is 1.17 bits per heavy atom. The molecule has 1 fully saturated rings. The number of halogens is 1. The van der Waals surface area contributed by atoms with Gasteiger partial charge in [-0.25, -0.2) is 14.4 Å². The largest absolute Gasteiger partial charge is 0.486 e. The topological polar surface area (TPSA) is 100 Å². The molecule has 2 aromatic carbocycles. The van der Waals surface area contributed by atoms with Crippen molar-refractivity contribution < 1.29 is 23.4 Å². The molecular formula is C26H26FN5O4. The number of anilines is 1. The van der Waals surface area contributed by atoms with Crippen molar-refractivity contribution in [1.29, 1.82) is 0 Å². The van der Waals surface area contributed by atoms with Crippen LogP contribution in [-0.2, 0) is 21.5 Å². The summed E-state index contributed by atoms with van der Waals surface area (Å²) in [5, 5.41) is 7.64. The highest BCUT2D eigenvalue weighted by Gasteiger charge is 2.21. The van der Waals surface area contributed by atoms with Crippen LogP contribution in [0.1, 0.15) is 26.3 Å². The number of amides is 1. The van der Waals surface area contributed by atoms with Crippen molar-refractivity contribution in [2.75, 3.05) is 18.5 Å². The monoisotopic (exact) mass is 491 g/mol. The van der Waals surface area contributed by atoms with Gasteiger partial charge in [0.25, 0.3) is 0 Å². The molecule has 1 N–H and O–H groups in total. The highest BCUT2D eigenvalue weighted by molar-refractivity contribution is 5.92. The molecule has 9 nitrogen and oxygen atoms in total. The second kappa shape index (κ2) is 9.54. The van der Waals surface area contributed by atoms with Crippen molar-refractivity contribution in [3.8, 4) is 17.4 Å². The summed E-state index contributed by atoms with van der Waals surface area (Å²) in [6.45, 7) is 7.12. The van der Waals surface area contributed by atoms with E-state index in [1.807, 2.05) is 32.9 Å². The van der Waals surface area contributed by atoms with E-state index in [-0.39, 0.29) is 41.2 Å². The van der Waals surface area contributed by atoms with Crippen LogP contribution in [0.2, 0.25) is 0 Å². The average molecular weight is 492 g/mol. The van der Waals surface area contributed by atoms with Crippen molar-refractivity contribution >= 4 is 22.5 Å². The molecule has 4 aromatic rings. The van der Waals surface area contributed by atoms with E-state index in [2.05, 4.69) is 20.4 Å². The Bertz CT molecular complexity index is 1410. The summed E-state index contributed by atoms with van der Waals surface area (Å²) >= 11 is 0. The molecule has 1 saturated heterocycles. The fourth-order valence-electron chi connectivity index (χ4n) is 3.62. The third kappa shape index (κ3) is 5.28. The summed E-state index contributed by atoms with van der Waals surface area (Å²) in [4.78, 5) is 20.9. The molecule has 10 heteroatoms. The molecule has 0 atom stereocenters. The number of hydrogen-bond acceptors (Lipinski definition) is 7. The van der Waals surface area contributed by atoms with Crippen LogP contribution >= 0.6 is 0 Å². The van der Waals surface area contributed by atoms with Crippen LogP contribution in [0, 0.1) is 5.82 Å². The number of fused-ring (bicyclic) bond motifs is 1. The number of aromatic nitrogens is 4. The summed E-state index contributed by atoms with van der Waals surface area (Å²) < 4.78 is 33.5. The summed E-state index contributed by atoms with van der Waals surface area (Å²) in [5.74, 6) is 0.275. The second-order valence-electron chi connectivity index (χ2n) is 9.56. The lowest BCUT2D eigenvalue weighted by Gasteiger charge is -2.26. The summed E-state index contributed by atoms with van der Waals surface area (Å²) in [6, 6.07) is 9.79. The van der Waals surface area contributed by atoms with Gasteiger partial charge < -0.3 is 19.5 Å². The average Bonchev–Trinajstić information content (AvgIpc) is 3.27. The van der Waals surface area contributed by atoms with E-state index in [1.54, 1.807) is 29.2 Å². The van der Waals surface area contributed by atoms with E-state index in [4.69, 9.17) is 14.2 Å². The molecule has 0 aliphatic carbocycles. The van der Waals surface area contributed by atoms with Crippen LogP contribution in [0.15, 0.2) is 55.1 Å². The van der Waals surface area contributed by atoms with Crippen molar-refractivity contribution in [2.45, 2.75) is 38.8 Å². The SMILES string of the molecule is CC(C)(C)n1cc(NC(=O)Cc2ccc(Oc3ncnc4ccc(OC5COC5)cc34)cc2F)cn1. The minimum Gasteiger partial charge on any atom is -0.486 e. The van der Waals surface area contributed by atoms with Gasteiger partial charge in [0.15, 0.2) is 0 Å². The van der Waals surface area contributed by atoms with Crippen molar-refractivity contribution in [1.82, 2.24) is 19.7 Å². The zero-order valence-electron chi connectivity index (χ0n) is 20.2. The van der Waals surface area contributed by atoms with Gasteiger partial charge in [-0.15, -0.1) is 0 Å². The minimum absolute atomic E-state index is 0.0185. The summed E-state index contributed by atoms with van der Waals surface area (Å²) in [7, 11) is 0. The molecule has 1 aliphatic rings. The van der Waals surface area contributed by atoms with Gasteiger partial charge in [-0.2, -0.15) is 5.10 Å². The number of nitrogens with one attached hydrogen (secondary N) is 1. The van der Waals surface area contributed by atoms with Crippen molar-refractivity contribution in [2.24, 2.45) is 0 Å². The van der Waals surface area contributed by atoms with Gasteiger partial charge in [-0.1, -0.05) is 6.07 Å². The van der Waals surface area contributed by atoms with E-state index in [0.717, 1.165) is 0 Å². The third-order valence-corrected chi connectivity index (χ3v) is 5.62. The number of carbonyl (C=O) groups is 1. The van der Waals surface area contributed by atoms with E-state index in [0.29, 0.717) is 35.6 Å². The first-order valence-corrected chi connectivity index (χ1v) is 11.5. The van der Waals surface area contributed by atoms with Crippen molar-refractivity contribution in [3.63, 3.8) is 0 Å². The predicted molar refractivity (Wildman–Crippen MR) is 131 cm³/mol. The van der Waals surface area contributed by atoms with Gasteiger partial charge in [0.1, 0.15) is 29.7 Å². The summed E-state index contributed by atoms with van der Waals surface area (Å²) in [5.41, 5.74) is 1.26. The fraction of sp³-hybridized carbons (Fsp3) is 0.308. The Labute approximate surface area is 207 Å². The highest BCUT2D eigenvalue weighted by atomic mass is 19.1. The summed E-state index contributed by atoms with van der Waals surface area (Å²) in [6.07, 6.45) is 4.58. The van der Waals surface area contributed by atoms with Crippen molar-refractivity contribution in [3.05, 3.63) is 66.5 Å². The molecule has 1 amide bonds. The molecule has 186 valence electrons. The molecule has 0 bridgehead atoms. The van der Waals surface area contributed by atoms with Crippen LogP contribution in [0.25, 0.3) is 10.9 Å². The molecule has 0 unspecified atom stereocenters. The quantitative estimate of drug-likeness (QED) is 0.407. The van der Waals surface area contributed by atoms with Gasteiger partial charge in [-0.05, 0) is 50.6 Å². The van der Waals surface area contributed by atoms with Gasteiger partial charge in [0, 0.05) is 12.3 Å². The smallest absolute Gasteiger partial charge is 0.230 e. The molecule has 3 heterocycles. The molecule has 1 aliphatic heterocycles. The highest BCUT2D eigenvalue weighted by Crippen LogP contribution is 2.31. The van der Waals surface area contributed by atoms with Gasteiger partial charge in [-0.3, -0.25) is 9.48 Å². The van der Waals surface area contributed by atoms with E-state index in [1.165, 1.54) is 18.5 Å². The first-order chi connectivity index (χ1) is 17.2. The maximum Gasteiger partial charge on any atom is 0.230 e. The molecule has 0 spiro atoms. The Balaban J connectivity index is 1.27. The van der Waals surface area contributed by atoms with Crippen LogP contribution in [0.4, 0.5) is 10.1 Å². The van der Waals surface area contributed by atoms with E-state index < -0.39 is 5.82 Å². The third-order valence-electron chi connectivity index (χ3n) is 5.62. The number of nitrogens with zero attached hydrogens (tertiary/aromatic N) is 4. The first kappa shape index (κ1) is 23.7. The van der Waals surface area contributed by atoms with Gasteiger partial charge >= 0.3 is 0 Å². The van der Waals surface area contributed by atoms with Crippen LogP contribution in [-0.4, -0.2) is 45.0 Å². The van der Waals surface area contributed by atoms with Crippen LogP contribution in [0.3, 0.4) is 0 Å².